The van der Waals surface area contributed by atoms with Crippen LogP contribution in [0, 0.1) is 53.7 Å². The monoisotopic (exact) mass is 1020 g/mol. The predicted octanol–water partition coefficient (Wildman–Crippen LogP) is 0.357. The first-order chi connectivity index (χ1) is 33.2. The molecule has 0 saturated heterocycles. The number of Topliss-reactive ketones (excluding diaryl/α,β-unsaturated/α-hetero) is 2. The molecule has 0 saturated carbocycles. The van der Waals surface area contributed by atoms with E-state index in [2.05, 4.69) is 21.6 Å². The summed E-state index contributed by atoms with van der Waals surface area (Å²) in [4.78, 5) is 45.1. The second-order valence-corrected chi connectivity index (χ2v) is 15.0. The minimum atomic E-state index is -0.932. The zero-order valence-corrected chi connectivity index (χ0v) is 47.5. The number of aromatic carboxylic acids is 1. The number of ketones is 2. The van der Waals surface area contributed by atoms with Crippen molar-refractivity contribution in [3.05, 3.63) is 196 Å². The number of aliphatic hydroxyl groups excluding tert-OH is 1. The molecule has 9 rings (SSSR count). The van der Waals surface area contributed by atoms with Crippen LogP contribution in [0.4, 0.5) is 4.39 Å². The van der Waals surface area contributed by atoms with Crippen molar-refractivity contribution in [2.45, 2.75) is 27.7 Å². The van der Waals surface area contributed by atoms with Crippen molar-refractivity contribution in [3.8, 4) is 35.3 Å². The Hall–Kier alpha value is -5.63. The van der Waals surface area contributed by atoms with Crippen LogP contribution in [0.25, 0.3) is 49.8 Å². The Bertz CT molecular complexity index is 3180. The molecule has 6 aromatic carbocycles. The van der Waals surface area contributed by atoms with Crippen LogP contribution in [0.2, 0.25) is 0 Å². The first-order valence-corrected chi connectivity index (χ1v) is 20.7. The third-order valence-corrected chi connectivity index (χ3v) is 10.7. The number of benzene rings is 6. The summed E-state index contributed by atoms with van der Waals surface area (Å²) < 4.78 is 19.6. The van der Waals surface area contributed by atoms with E-state index in [0.29, 0.717) is 22.4 Å². The van der Waals surface area contributed by atoms with E-state index in [1.54, 1.807) is 49.4 Å². The van der Waals surface area contributed by atoms with Gasteiger partial charge in [0.05, 0.1) is 50.9 Å². The quantitative estimate of drug-likeness (QED) is 0.0722. The van der Waals surface area contributed by atoms with Crippen molar-refractivity contribution in [3.63, 3.8) is 0 Å². The van der Waals surface area contributed by atoms with Gasteiger partial charge in [0.15, 0.2) is 11.6 Å². The summed E-state index contributed by atoms with van der Waals surface area (Å²) in [5.74, 6) is -1.40. The summed E-state index contributed by atoms with van der Waals surface area (Å²) in [6, 6.07) is 43.9. The molecular weight excluding hydrogens is 981 g/mol. The van der Waals surface area contributed by atoms with E-state index in [1.807, 2.05) is 120 Å². The van der Waals surface area contributed by atoms with Gasteiger partial charge in [-0.1, -0.05) is 0 Å². The second-order valence-electron chi connectivity index (χ2n) is 15.0. The van der Waals surface area contributed by atoms with Crippen molar-refractivity contribution >= 4 is 56.7 Å². The van der Waals surface area contributed by atoms with Crippen LogP contribution >= 0.6 is 0 Å². The molecule has 3 N–H and O–H groups in total. The Balaban J connectivity index is 0.000000992. The van der Waals surface area contributed by atoms with Gasteiger partial charge in [-0.15, -0.1) is 0 Å². The van der Waals surface area contributed by atoms with Gasteiger partial charge in [0, 0.05) is 70.0 Å². The predicted molar refractivity (Wildman–Crippen MR) is 259 cm³/mol. The van der Waals surface area contributed by atoms with E-state index < -0.39 is 11.8 Å². The summed E-state index contributed by atoms with van der Waals surface area (Å²) in [7, 11) is 1.00. The van der Waals surface area contributed by atoms with Crippen molar-refractivity contribution in [2.24, 2.45) is 0 Å². The normalized spacial score (nSPS) is 9.44. The van der Waals surface area contributed by atoms with E-state index in [1.165, 1.54) is 19.1 Å². The molecule has 9 aromatic rings. The molecule has 15 nitrogen and oxygen atoms in total. The summed E-state index contributed by atoms with van der Waals surface area (Å²) in [6.45, 7) is 6.74. The van der Waals surface area contributed by atoms with Crippen molar-refractivity contribution < 1.29 is 172 Å². The molecule has 0 spiro atoms. The molecule has 73 heavy (non-hydrogen) atoms. The number of aryl methyl sites for hydroxylation is 2. The van der Waals surface area contributed by atoms with E-state index in [0.717, 1.165) is 67.9 Å². The standard InChI is InChI=1S/C18H14N2O.C17H11FN2O.C17H12N2O2.CH2O3.CH4O.2K.Li.H2O.H/c1-12-9-17(5-3-16(12)11-19)20-8-7-15-10-14(13(2)21)4-6-18(15)20;1-11(21)12-3-5-17-13(8-12)6-7-20(17)15-4-2-14(10-19)16(18)9-15;1-11-8-15(4-2-14(11)10-18)19-7-6-12-9-13(17(20)21)3-5-16(12)19;2-1-4-3;1-2;;;;;/h3-10H,1-2H3;2-9H,1H3;2-9H,1H3,(H,20,21);1,3H;2H,1H3;;;;1H2;/q;;;;;3*+1;;-1/p-2. The van der Waals surface area contributed by atoms with E-state index in [-0.39, 0.29) is 158 Å². The molecular formula is C54H44FK2LiN6O9. The van der Waals surface area contributed by atoms with Crippen molar-refractivity contribution in [2.75, 3.05) is 7.11 Å². The molecule has 0 aliphatic heterocycles. The molecule has 0 atom stereocenters. The smallest absolute Gasteiger partial charge is 1.00 e. The molecule has 3 aromatic heterocycles. The molecule has 0 fully saturated rings. The number of carboxylic acid groups (broad SMARTS) is 1. The second kappa shape index (κ2) is 31.2. The molecule has 354 valence electrons. The fourth-order valence-electron chi connectivity index (χ4n) is 7.26. The topological polar surface area (TPSA) is 257 Å². The molecule has 0 unspecified atom stereocenters. The maximum absolute atomic E-state index is 13.7. The number of aliphatic hydroxyl groups is 1. The Labute approximate surface area is 518 Å². The number of hydrogen-bond acceptors (Lipinski definition) is 11. The number of hydrogen-bond donors (Lipinski definition) is 2. The number of carbonyl (C=O) groups excluding carboxylic acids is 3. The van der Waals surface area contributed by atoms with E-state index in [4.69, 9.17) is 36.1 Å². The minimum Gasteiger partial charge on any atom is -1.00 e. The van der Waals surface area contributed by atoms with Crippen molar-refractivity contribution in [1.29, 1.82) is 15.8 Å². The molecule has 19 heteroatoms. The molecule has 3 heterocycles. The Morgan fingerprint density at radius 2 is 0.890 bits per heavy atom. The summed E-state index contributed by atoms with van der Waals surface area (Å²) in [5, 5.41) is 54.0. The number of fused-ring (bicyclic) bond motifs is 3. The van der Waals surface area contributed by atoms with Crippen LogP contribution in [0.15, 0.2) is 146 Å². The van der Waals surface area contributed by atoms with Gasteiger partial charge in [0.2, 0.25) is 0 Å². The zero-order chi connectivity index (χ0) is 50.4. The molecule has 0 aliphatic rings. The molecule has 0 aliphatic carbocycles. The first-order valence-electron chi connectivity index (χ1n) is 20.7. The summed E-state index contributed by atoms with van der Waals surface area (Å²) >= 11 is 0. The first kappa shape index (κ1) is 65.4. The van der Waals surface area contributed by atoms with Gasteiger partial charge in [-0.3, -0.25) is 14.4 Å². The van der Waals surface area contributed by atoms with Crippen LogP contribution in [0.5, 0.6) is 0 Å². The Kier molecular flexibility index (Phi) is 27.9. The van der Waals surface area contributed by atoms with Crippen LogP contribution in [-0.4, -0.2) is 60.5 Å². The van der Waals surface area contributed by atoms with E-state index >= 15 is 0 Å². The fraction of sp³-hybridized carbons (Fsp3) is 0.0926. The minimum absolute atomic E-state index is 0. The van der Waals surface area contributed by atoms with Gasteiger partial charge in [-0.05, 0) is 166 Å². The SMILES string of the molecule is CC(=O)c1ccc2c(ccn2-c2ccc(C#N)c(C)c2)c1.CC(=O)c1ccc2c(ccn2-c2ccc(C#N)c(F)c2)c1.CO.Cc1cc(-n2ccc3cc(C(=O)O)ccc32)ccc1C#N.O=CO[O-].[H-].[K+].[K+].[Li+].[OH-]. The largest absolute Gasteiger partial charge is 1.00 e. The number of aromatic nitrogens is 3. The van der Waals surface area contributed by atoms with Crippen LogP contribution in [0.3, 0.4) is 0 Å². The molecule has 0 radical (unpaired) electrons. The van der Waals surface area contributed by atoms with Gasteiger partial charge in [-0.2, -0.15) is 15.8 Å². The average molecular weight is 1030 g/mol. The maximum Gasteiger partial charge on any atom is 1.00 e. The Morgan fingerprint density at radius 3 is 1.18 bits per heavy atom. The number of nitriles is 3. The van der Waals surface area contributed by atoms with Gasteiger partial charge >= 0.3 is 128 Å². The molecule has 0 amide bonds. The van der Waals surface area contributed by atoms with Gasteiger partial charge in [-0.25, -0.2) is 9.18 Å². The number of nitrogens with zero attached hydrogens (tertiary/aromatic N) is 6. The van der Waals surface area contributed by atoms with Gasteiger partial charge in [0.25, 0.3) is 6.47 Å². The summed E-state index contributed by atoms with van der Waals surface area (Å²) in [5.41, 5.74) is 10.3. The average Bonchev–Trinajstić information content (AvgIpc) is 4.12. The maximum atomic E-state index is 13.7. The number of carbonyl (C=O) groups is 4. The van der Waals surface area contributed by atoms with Gasteiger partial charge < -0.3 is 41.0 Å². The zero-order valence-electron chi connectivity index (χ0n) is 42.3. The Morgan fingerprint density at radius 1 is 0.575 bits per heavy atom. The number of rotatable bonds is 7. The third kappa shape index (κ3) is 16.2. The molecule has 0 bridgehead atoms. The number of halogens is 1. The number of carboxylic acids is 1. The fourth-order valence-corrected chi connectivity index (χ4v) is 7.26. The third-order valence-electron chi connectivity index (χ3n) is 10.7. The van der Waals surface area contributed by atoms with Crippen LogP contribution in [-0.2, 0) is 9.68 Å². The van der Waals surface area contributed by atoms with E-state index in [9.17, 15) is 18.8 Å². The van der Waals surface area contributed by atoms with Gasteiger partial charge in [0.1, 0.15) is 11.9 Å². The summed E-state index contributed by atoms with van der Waals surface area (Å²) in [6.07, 6.45) is 5.70. The van der Waals surface area contributed by atoms with Crippen LogP contribution in [0.1, 0.15) is 74.2 Å². The van der Waals surface area contributed by atoms with Crippen molar-refractivity contribution in [1.82, 2.24) is 13.7 Å². The van der Waals surface area contributed by atoms with Crippen LogP contribution < -0.4 is 127 Å².